The molecule has 5 nitrogen and oxygen atoms in total. The summed E-state index contributed by atoms with van der Waals surface area (Å²) in [5, 5.41) is 12.8. The number of hydrogen-bond acceptors (Lipinski definition) is 4. The average Bonchev–Trinajstić information content (AvgIpc) is 2.74. The van der Waals surface area contributed by atoms with Crippen LogP contribution >= 0.6 is 15.9 Å². The third-order valence-corrected chi connectivity index (χ3v) is 4.40. The third-order valence-electron chi connectivity index (χ3n) is 3.87. The molecule has 3 rings (SSSR count). The van der Waals surface area contributed by atoms with Crippen LogP contribution in [-0.2, 0) is 6.61 Å². The van der Waals surface area contributed by atoms with Gasteiger partial charge in [-0.15, -0.1) is 0 Å². The van der Waals surface area contributed by atoms with Crippen molar-refractivity contribution in [1.29, 1.82) is 5.26 Å². The van der Waals surface area contributed by atoms with E-state index in [1.807, 2.05) is 54.6 Å². The molecule has 3 aromatic rings. The van der Waals surface area contributed by atoms with Crippen molar-refractivity contribution in [3.63, 3.8) is 0 Å². The summed E-state index contributed by atoms with van der Waals surface area (Å²) in [4.78, 5) is 12.1. The average molecular weight is 434 g/mol. The Morgan fingerprint density at radius 2 is 1.79 bits per heavy atom. The van der Waals surface area contributed by atoms with Gasteiger partial charge in [-0.3, -0.25) is 4.79 Å². The third kappa shape index (κ3) is 5.29. The van der Waals surface area contributed by atoms with Crippen LogP contribution in [0.3, 0.4) is 0 Å². The van der Waals surface area contributed by atoms with Crippen LogP contribution in [0.4, 0.5) is 0 Å². The van der Waals surface area contributed by atoms with Crippen molar-refractivity contribution >= 4 is 28.1 Å². The Balaban J connectivity index is 1.62. The maximum absolute atomic E-state index is 12.1. The number of benzene rings is 3. The van der Waals surface area contributed by atoms with E-state index in [9.17, 15) is 4.79 Å². The minimum Gasteiger partial charge on any atom is -0.488 e. The second kappa shape index (κ2) is 9.49. The highest BCUT2D eigenvalue weighted by Crippen LogP contribution is 2.18. The van der Waals surface area contributed by atoms with E-state index in [1.54, 1.807) is 30.5 Å². The van der Waals surface area contributed by atoms with Gasteiger partial charge in [-0.2, -0.15) is 10.4 Å². The van der Waals surface area contributed by atoms with Gasteiger partial charge in [0.1, 0.15) is 12.4 Å². The zero-order valence-electron chi connectivity index (χ0n) is 14.8. The van der Waals surface area contributed by atoms with E-state index in [4.69, 9.17) is 10.00 Å². The van der Waals surface area contributed by atoms with E-state index in [-0.39, 0.29) is 5.91 Å². The predicted octanol–water partition coefficient (Wildman–Crippen LogP) is 4.66. The molecule has 0 radical (unpaired) electrons. The van der Waals surface area contributed by atoms with Crippen LogP contribution < -0.4 is 10.2 Å². The van der Waals surface area contributed by atoms with Crippen LogP contribution in [0.25, 0.3) is 0 Å². The molecule has 0 unspecified atom stereocenters. The van der Waals surface area contributed by atoms with Crippen molar-refractivity contribution in [2.24, 2.45) is 5.10 Å². The number of nitrogens with zero attached hydrogens (tertiary/aromatic N) is 2. The topological polar surface area (TPSA) is 74.5 Å². The van der Waals surface area contributed by atoms with Gasteiger partial charge in [0.15, 0.2) is 0 Å². The Hall–Kier alpha value is -3.43. The molecule has 1 N–H and O–H groups in total. The number of halogens is 1. The van der Waals surface area contributed by atoms with Gasteiger partial charge >= 0.3 is 0 Å². The maximum Gasteiger partial charge on any atom is 0.271 e. The Labute approximate surface area is 171 Å². The lowest BCUT2D eigenvalue weighted by Crippen LogP contribution is -2.17. The highest BCUT2D eigenvalue weighted by atomic mass is 79.9. The highest BCUT2D eigenvalue weighted by Gasteiger charge is 2.05. The van der Waals surface area contributed by atoms with E-state index in [2.05, 4.69) is 26.5 Å². The van der Waals surface area contributed by atoms with Crippen LogP contribution in [0.1, 0.15) is 27.0 Å². The van der Waals surface area contributed by atoms with Crippen molar-refractivity contribution in [1.82, 2.24) is 5.43 Å². The molecule has 0 fully saturated rings. The van der Waals surface area contributed by atoms with Crippen molar-refractivity contribution in [3.05, 3.63) is 99.5 Å². The molecule has 0 aliphatic heterocycles. The number of nitriles is 1. The Morgan fingerprint density at radius 1 is 1.07 bits per heavy atom. The number of amides is 1. The summed E-state index contributed by atoms with van der Waals surface area (Å²) in [7, 11) is 0. The van der Waals surface area contributed by atoms with Crippen molar-refractivity contribution in [2.45, 2.75) is 6.61 Å². The fourth-order valence-electron chi connectivity index (χ4n) is 2.38. The normalized spacial score (nSPS) is 10.4. The molecule has 0 aliphatic rings. The molecular formula is C22H16BrN3O2. The largest absolute Gasteiger partial charge is 0.488 e. The van der Waals surface area contributed by atoms with E-state index in [0.717, 1.165) is 15.6 Å². The van der Waals surface area contributed by atoms with Crippen LogP contribution in [0.15, 0.2) is 82.4 Å². The Bertz CT molecular complexity index is 1020. The minimum absolute atomic E-state index is 0.353. The highest BCUT2D eigenvalue weighted by molar-refractivity contribution is 9.10. The first-order chi connectivity index (χ1) is 13.7. The number of nitrogens with one attached hydrogen (secondary N) is 1. The minimum atomic E-state index is -0.353. The van der Waals surface area contributed by atoms with E-state index in [0.29, 0.717) is 23.5 Å². The van der Waals surface area contributed by atoms with Crippen LogP contribution in [0, 0.1) is 11.3 Å². The second-order valence-electron chi connectivity index (χ2n) is 5.84. The van der Waals surface area contributed by atoms with E-state index < -0.39 is 0 Å². The van der Waals surface area contributed by atoms with Crippen LogP contribution in [-0.4, -0.2) is 12.1 Å². The molecule has 3 aromatic carbocycles. The number of ether oxygens (including phenoxy) is 1. The molecule has 0 spiro atoms. The van der Waals surface area contributed by atoms with Gasteiger partial charge in [0.05, 0.1) is 17.8 Å². The van der Waals surface area contributed by atoms with Gasteiger partial charge in [0.2, 0.25) is 0 Å². The summed E-state index contributed by atoms with van der Waals surface area (Å²) in [5.74, 6) is 0.316. The number of carbonyl (C=O) groups excluding carboxylic acids is 1. The molecule has 1 amide bonds. The summed E-state index contributed by atoms with van der Waals surface area (Å²) < 4.78 is 6.90. The lowest BCUT2D eigenvalue weighted by molar-refractivity contribution is 0.0955. The van der Waals surface area contributed by atoms with Crippen molar-refractivity contribution in [2.75, 3.05) is 0 Å². The lowest BCUT2D eigenvalue weighted by Gasteiger charge is -2.09. The summed E-state index contributed by atoms with van der Waals surface area (Å²) in [5.41, 5.74) is 5.20. The van der Waals surface area contributed by atoms with Gasteiger partial charge in [0.25, 0.3) is 5.91 Å². The standard InChI is InChI=1S/C22H16BrN3O2/c23-20-11-7-17(8-12-20)15-28-21-4-2-1-3-19(21)14-25-26-22(27)18-9-5-16(13-24)6-10-18/h1-12,14H,15H2,(H,26,27)/b25-14-. The van der Waals surface area contributed by atoms with Gasteiger partial charge in [0, 0.05) is 15.6 Å². The summed E-state index contributed by atoms with van der Waals surface area (Å²) in [6, 6.07) is 23.7. The first-order valence-electron chi connectivity index (χ1n) is 8.45. The number of carbonyl (C=O) groups is 1. The first kappa shape index (κ1) is 19.3. The molecule has 0 aromatic heterocycles. The molecular weight excluding hydrogens is 418 g/mol. The zero-order valence-corrected chi connectivity index (χ0v) is 16.4. The van der Waals surface area contributed by atoms with Crippen molar-refractivity contribution in [3.8, 4) is 11.8 Å². The Kier molecular flexibility index (Phi) is 6.55. The number of hydrogen-bond donors (Lipinski definition) is 1. The Morgan fingerprint density at radius 3 is 2.50 bits per heavy atom. The maximum atomic E-state index is 12.1. The van der Waals surface area contributed by atoms with Gasteiger partial charge < -0.3 is 4.74 Å². The quantitative estimate of drug-likeness (QED) is 0.453. The molecule has 138 valence electrons. The number of rotatable bonds is 6. The smallest absolute Gasteiger partial charge is 0.271 e. The van der Waals surface area contributed by atoms with Crippen molar-refractivity contribution < 1.29 is 9.53 Å². The van der Waals surface area contributed by atoms with Gasteiger partial charge in [-0.05, 0) is 54.1 Å². The van der Waals surface area contributed by atoms with Gasteiger partial charge in [-0.25, -0.2) is 5.43 Å². The first-order valence-corrected chi connectivity index (χ1v) is 9.25. The second-order valence-corrected chi connectivity index (χ2v) is 6.76. The van der Waals surface area contributed by atoms with Crippen LogP contribution in [0.5, 0.6) is 5.75 Å². The predicted molar refractivity (Wildman–Crippen MR) is 111 cm³/mol. The monoisotopic (exact) mass is 433 g/mol. The lowest BCUT2D eigenvalue weighted by atomic mass is 10.1. The van der Waals surface area contributed by atoms with E-state index in [1.165, 1.54) is 0 Å². The number of hydrazone groups is 1. The SMILES string of the molecule is N#Cc1ccc(C(=O)N/N=C\c2ccccc2OCc2ccc(Br)cc2)cc1. The van der Waals surface area contributed by atoms with E-state index >= 15 is 0 Å². The summed E-state index contributed by atoms with van der Waals surface area (Å²) in [6.45, 7) is 0.426. The molecule has 0 saturated carbocycles. The molecule has 0 saturated heterocycles. The molecule has 0 heterocycles. The molecule has 6 heteroatoms. The zero-order chi connectivity index (χ0) is 19.8. The van der Waals surface area contributed by atoms with Gasteiger partial charge in [-0.1, -0.05) is 40.2 Å². The molecule has 0 aliphatic carbocycles. The molecule has 0 bridgehead atoms. The molecule has 0 atom stereocenters. The van der Waals surface area contributed by atoms with Crippen LogP contribution in [0.2, 0.25) is 0 Å². The number of para-hydroxylation sites is 1. The summed E-state index contributed by atoms with van der Waals surface area (Å²) >= 11 is 3.41. The summed E-state index contributed by atoms with van der Waals surface area (Å²) in [6.07, 6.45) is 1.54. The fraction of sp³-hybridized carbons (Fsp3) is 0.0455. The molecule has 28 heavy (non-hydrogen) atoms. The fourth-order valence-corrected chi connectivity index (χ4v) is 2.65.